The highest BCUT2D eigenvalue weighted by molar-refractivity contribution is 14.1. The molecule has 10 nitrogen and oxygen atoms in total. The molecule has 0 aliphatic carbocycles. The molecule has 0 bridgehead atoms. The topological polar surface area (TPSA) is 163 Å². The second-order valence-corrected chi connectivity index (χ2v) is 8.61. The van der Waals surface area contributed by atoms with Crippen molar-refractivity contribution in [3.8, 4) is 0 Å². The highest BCUT2D eigenvalue weighted by Gasteiger charge is 2.26. The van der Waals surface area contributed by atoms with Crippen molar-refractivity contribution in [3.63, 3.8) is 0 Å². The van der Waals surface area contributed by atoms with Crippen LogP contribution in [0.15, 0.2) is 0 Å². The van der Waals surface area contributed by atoms with Crippen LogP contribution in [0.1, 0.15) is 24.2 Å². The first-order chi connectivity index (χ1) is 13.0. The molecule has 0 heterocycles. The maximum atomic E-state index is 12.9. The van der Waals surface area contributed by atoms with Gasteiger partial charge < -0.3 is 31.6 Å². The van der Waals surface area contributed by atoms with Gasteiger partial charge in [-0.2, -0.15) is 0 Å². The lowest BCUT2D eigenvalue weighted by Gasteiger charge is -2.21. The molecule has 1 aromatic rings. The number of urea groups is 1. The molecule has 13 heteroatoms. The maximum Gasteiger partial charge on any atom is 0.316 e. The van der Waals surface area contributed by atoms with Crippen molar-refractivity contribution >= 4 is 103 Å². The Morgan fingerprint density at radius 1 is 0.964 bits per heavy atom. The van der Waals surface area contributed by atoms with Crippen LogP contribution in [0.2, 0.25) is 0 Å². The number of anilines is 2. The number of nitrogens with two attached hydrogens (primary N) is 2. The van der Waals surface area contributed by atoms with Crippen LogP contribution in [-0.2, 0) is 19.1 Å². The lowest BCUT2D eigenvalue weighted by atomic mass is 10.1. The van der Waals surface area contributed by atoms with E-state index in [-0.39, 0.29) is 18.8 Å². The molecular formula is C15H17I3N4O6. The molecule has 154 valence electrons. The molecule has 1 aromatic carbocycles. The predicted octanol–water partition coefficient (Wildman–Crippen LogP) is 1.80. The Morgan fingerprint density at radius 2 is 1.46 bits per heavy atom. The van der Waals surface area contributed by atoms with Crippen LogP contribution >= 0.6 is 67.8 Å². The number of amides is 3. The number of nitrogens with one attached hydrogen (secondary N) is 2. The highest BCUT2D eigenvalue weighted by atomic mass is 127. The first-order valence-electron chi connectivity index (χ1n) is 7.55. The van der Waals surface area contributed by atoms with Gasteiger partial charge in [0.2, 0.25) is 0 Å². The van der Waals surface area contributed by atoms with Crippen molar-refractivity contribution in [2.75, 3.05) is 24.3 Å². The zero-order chi connectivity index (χ0) is 21.6. The molecule has 0 aromatic heterocycles. The second-order valence-electron chi connectivity index (χ2n) is 5.37. The third-order valence-electron chi connectivity index (χ3n) is 3.14. The second kappa shape index (κ2) is 11.2. The van der Waals surface area contributed by atoms with Crippen LogP contribution in [-0.4, -0.2) is 43.1 Å². The van der Waals surface area contributed by atoms with Gasteiger partial charge in [-0.25, -0.2) is 4.79 Å². The van der Waals surface area contributed by atoms with Gasteiger partial charge in [0.1, 0.15) is 13.2 Å². The van der Waals surface area contributed by atoms with Gasteiger partial charge in [-0.05, 0) is 67.8 Å². The first kappa shape index (κ1) is 24.9. The molecule has 0 saturated carbocycles. The molecule has 0 unspecified atom stereocenters. The summed E-state index contributed by atoms with van der Waals surface area (Å²) < 4.78 is 11.2. The van der Waals surface area contributed by atoms with Crippen LogP contribution < -0.4 is 22.1 Å². The van der Waals surface area contributed by atoms with E-state index in [9.17, 15) is 19.2 Å². The van der Waals surface area contributed by atoms with E-state index < -0.39 is 29.9 Å². The van der Waals surface area contributed by atoms with Gasteiger partial charge in [0.05, 0.1) is 33.7 Å². The Morgan fingerprint density at radius 3 is 1.89 bits per heavy atom. The minimum absolute atomic E-state index is 0.187. The van der Waals surface area contributed by atoms with E-state index in [0.717, 1.165) is 0 Å². The predicted molar refractivity (Wildman–Crippen MR) is 127 cm³/mol. The molecule has 0 atom stereocenters. The summed E-state index contributed by atoms with van der Waals surface area (Å²) >= 11 is 5.77. The molecule has 0 radical (unpaired) electrons. The number of esters is 2. The number of hydrogen-bond acceptors (Lipinski definition) is 7. The molecular weight excluding hydrogens is 713 g/mol. The number of carbonyl (C=O) groups excluding carboxylic acids is 4. The summed E-state index contributed by atoms with van der Waals surface area (Å²) in [6.07, 6.45) is 0. The average molecular weight is 730 g/mol. The van der Waals surface area contributed by atoms with Gasteiger partial charge in [0.15, 0.2) is 0 Å². The minimum atomic E-state index is -0.801. The Balaban J connectivity index is 3.23. The van der Waals surface area contributed by atoms with Gasteiger partial charge in [0, 0.05) is 13.8 Å². The molecule has 6 N–H and O–H groups in total. The zero-order valence-electron chi connectivity index (χ0n) is 14.7. The van der Waals surface area contributed by atoms with Crippen molar-refractivity contribution in [3.05, 3.63) is 16.3 Å². The summed E-state index contributed by atoms with van der Waals surface area (Å²) in [6.45, 7) is 2.07. The lowest BCUT2D eigenvalue weighted by molar-refractivity contribution is -0.144. The van der Waals surface area contributed by atoms with Crippen LogP contribution in [0.5, 0.6) is 0 Å². The third-order valence-corrected chi connectivity index (χ3v) is 6.46. The SMILES string of the molecule is CC(=O)OCC(COC(C)=O)NC(=O)c1c(I)c(N)c(I)c(NC(N)=O)c1I. The molecule has 0 saturated heterocycles. The Hall–Kier alpha value is -1.11. The summed E-state index contributed by atoms with van der Waals surface area (Å²) in [5, 5.41) is 5.11. The fraction of sp³-hybridized carbons (Fsp3) is 0.333. The quantitative estimate of drug-likeness (QED) is 0.189. The number of ether oxygens (including phenoxy) is 2. The van der Waals surface area contributed by atoms with E-state index in [1.54, 1.807) is 0 Å². The van der Waals surface area contributed by atoms with E-state index in [4.69, 9.17) is 20.9 Å². The Bertz CT molecular complexity index is 800. The van der Waals surface area contributed by atoms with Crippen molar-refractivity contribution < 1.29 is 28.7 Å². The average Bonchev–Trinajstić information content (AvgIpc) is 2.59. The van der Waals surface area contributed by atoms with Crippen LogP contribution in [0.4, 0.5) is 16.2 Å². The summed E-state index contributed by atoms with van der Waals surface area (Å²) in [5.41, 5.74) is 12.1. The van der Waals surface area contributed by atoms with Crippen LogP contribution in [0.3, 0.4) is 0 Å². The van der Waals surface area contributed by atoms with Gasteiger partial charge in [-0.15, -0.1) is 0 Å². The van der Waals surface area contributed by atoms with E-state index in [2.05, 4.69) is 10.6 Å². The summed E-state index contributed by atoms with van der Waals surface area (Å²) in [6, 6.07) is -1.58. The van der Waals surface area contributed by atoms with Crippen LogP contribution in [0.25, 0.3) is 0 Å². The monoisotopic (exact) mass is 730 g/mol. The van der Waals surface area contributed by atoms with Gasteiger partial charge >= 0.3 is 18.0 Å². The van der Waals surface area contributed by atoms with E-state index in [1.165, 1.54) is 13.8 Å². The van der Waals surface area contributed by atoms with E-state index in [0.29, 0.717) is 22.1 Å². The smallest absolute Gasteiger partial charge is 0.316 e. The molecule has 1 rings (SSSR count). The fourth-order valence-electron chi connectivity index (χ4n) is 1.94. The van der Waals surface area contributed by atoms with Gasteiger partial charge in [0.25, 0.3) is 5.91 Å². The summed E-state index contributed by atoms with van der Waals surface area (Å²) in [5.74, 6) is -1.64. The normalized spacial score (nSPS) is 10.4. The number of halogens is 3. The summed E-state index contributed by atoms with van der Waals surface area (Å²) in [4.78, 5) is 46.3. The summed E-state index contributed by atoms with van der Waals surface area (Å²) in [7, 11) is 0. The number of primary amides is 1. The molecule has 0 fully saturated rings. The molecule has 0 aliphatic rings. The lowest BCUT2D eigenvalue weighted by Crippen LogP contribution is -2.43. The molecule has 3 amide bonds. The third kappa shape index (κ3) is 7.05. The van der Waals surface area contributed by atoms with Crippen LogP contribution in [0, 0.1) is 10.7 Å². The number of nitrogen functional groups attached to an aromatic ring is 1. The molecule has 0 aliphatic heterocycles. The van der Waals surface area contributed by atoms with Crippen molar-refractivity contribution in [1.82, 2.24) is 5.32 Å². The van der Waals surface area contributed by atoms with Crippen molar-refractivity contribution in [2.45, 2.75) is 19.9 Å². The maximum absolute atomic E-state index is 12.9. The van der Waals surface area contributed by atoms with Crippen molar-refractivity contribution in [2.24, 2.45) is 5.73 Å². The van der Waals surface area contributed by atoms with Crippen molar-refractivity contribution in [1.29, 1.82) is 0 Å². The van der Waals surface area contributed by atoms with E-state index >= 15 is 0 Å². The number of carbonyl (C=O) groups is 4. The van der Waals surface area contributed by atoms with Gasteiger partial charge in [-0.3, -0.25) is 14.4 Å². The highest BCUT2D eigenvalue weighted by Crippen LogP contribution is 2.37. The fourth-order valence-corrected chi connectivity index (χ4v) is 5.87. The standard InChI is InChI=1S/C15H17I3N4O6/c1-5(23)27-3-7(4-28-6(2)24)21-14(25)8-9(16)12(19)11(18)13(10(8)17)22-15(20)26/h7H,3-4,19H2,1-2H3,(H,21,25)(H3,20,22,26). The Kier molecular flexibility index (Phi) is 9.95. The van der Waals surface area contributed by atoms with E-state index in [1.807, 2.05) is 67.8 Å². The number of hydrogen-bond donors (Lipinski definition) is 4. The molecule has 0 spiro atoms. The Labute approximate surface area is 201 Å². The number of rotatable bonds is 7. The number of benzene rings is 1. The zero-order valence-corrected chi connectivity index (χ0v) is 21.2. The first-order valence-corrected chi connectivity index (χ1v) is 10.8. The molecule has 28 heavy (non-hydrogen) atoms. The van der Waals surface area contributed by atoms with Gasteiger partial charge in [-0.1, -0.05) is 0 Å². The largest absolute Gasteiger partial charge is 0.464 e. The minimum Gasteiger partial charge on any atom is -0.464 e.